The Hall–Kier alpha value is -3.21. The number of nitrogens with one attached hydrogen (secondary N) is 1. The quantitative estimate of drug-likeness (QED) is 0.781. The molecule has 0 unspecified atom stereocenters. The molecular weight excluding hydrogens is 314 g/mol. The summed E-state index contributed by atoms with van der Waals surface area (Å²) in [7, 11) is 0. The predicted molar refractivity (Wildman–Crippen MR) is 96.9 cm³/mol. The summed E-state index contributed by atoms with van der Waals surface area (Å²) in [6, 6.07) is 22.2. The molecule has 3 aromatic rings. The van der Waals surface area contributed by atoms with E-state index in [0.29, 0.717) is 5.69 Å². The zero-order valence-corrected chi connectivity index (χ0v) is 13.9. The van der Waals surface area contributed by atoms with E-state index in [1.54, 1.807) is 6.07 Å². The minimum atomic E-state index is -0.304. The van der Waals surface area contributed by atoms with Gasteiger partial charge in [-0.2, -0.15) is 5.10 Å². The number of rotatable bonds is 5. The minimum Gasteiger partial charge on any atom is -0.348 e. The van der Waals surface area contributed by atoms with Crippen molar-refractivity contribution >= 4 is 5.91 Å². The first-order valence-electron chi connectivity index (χ1n) is 8.11. The SMILES string of the molecule is C[C@@H](NC(=O)Cn1nc(-c2ccccc2)ccc1=O)c1ccccc1. The molecular formula is C20H19N3O2. The first kappa shape index (κ1) is 16.6. The molecule has 25 heavy (non-hydrogen) atoms. The number of carbonyl (C=O) groups excluding carboxylic acids is 1. The summed E-state index contributed by atoms with van der Waals surface area (Å²) in [5.41, 5.74) is 2.26. The van der Waals surface area contributed by atoms with E-state index in [2.05, 4.69) is 10.4 Å². The summed E-state index contributed by atoms with van der Waals surface area (Å²) in [6.45, 7) is 1.79. The van der Waals surface area contributed by atoms with Crippen molar-refractivity contribution in [3.05, 3.63) is 88.7 Å². The van der Waals surface area contributed by atoms with Crippen molar-refractivity contribution in [1.82, 2.24) is 15.1 Å². The highest BCUT2D eigenvalue weighted by molar-refractivity contribution is 5.76. The maximum absolute atomic E-state index is 12.3. The summed E-state index contributed by atoms with van der Waals surface area (Å²) in [6.07, 6.45) is 0. The number of hydrogen-bond acceptors (Lipinski definition) is 3. The van der Waals surface area contributed by atoms with E-state index in [4.69, 9.17) is 0 Å². The number of benzene rings is 2. The van der Waals surface area contributed by atoms with Gasteiger partial charge in [0.2, 0.25) is 5.91 Å². The number of aromatic nitrogens is 2. The lowest BCUT2D eigenvalue weighted by molar-refractivity contribution is -0.122. The molecule has 5 nitrogen and oxygen atoms in total. The molecule has 2 aromatic carbocycles. The van der Waals surface area contributed by atoms with E-state index in [1.807, 2.05) is 67.6 Å². The van der Waals surface area contributed by atoms with Gasteiger partial charge in [0.05, 0.1) is 11.7 Å². The van der Waals surface area contributed by atoms with Crippen LogP contribution in [0.1, 0.15) is 18.5 Å². The van der Waals surface area contributed by atoms with Gasteiger partial charge >= 0.3 is 0 Å². The smallest absolute Gasteiger partial charge is 0.267 e. The monoisotopic (exact) mass is 333 g/mol. The second-order valence-corrected chi connectivity index (χ2v) is 5.78. The molecule has 1 N–H and O–H groups in total. The van der Waals surface area contributed by atoms with Gasteiger partial charge in [-0.1, -0.05) is 60.7 Å². The maximum atomic E-state index is 12.3. The summed E-state index contributed by atoms with van der Waals surface area (Å²) < 4.78 is 1.19. The molecule has 1 amide bonds. The number of carbonyl (C=O) groups is 1. The average Bonchev–Trinajstić information content (AvgIpc) is 2.65. The summed E-state index contributed by atoms with van der Waals surface area (Å²) in [4.78, 5) is 24.3. The molecule has 0 saturated carbocycles. The zero-order valence-electron chi connectivity index (χ0n) is 13.9. The molecule has 0 spiro atoms. The largest absolute Gasteiger partial charge is 0.348 e. The predicted octanol–water partition coefficient (Wildman–Crippen LogP) is 2.79. The third-order valence-corrected chi connectivity index (χ3v) is 3.91. The third-order valence-electron chi connectivity index (χ3n) is 3.91. The van der Waals surface area contributed by atoms with Crippen LogP contribution in [0.3, 0.4) is 0 Å². The van der Waals surface area contributed by atoms with Crippen LogP contribution in [0, 0.1) is 0 Å². The Kier molecular flexibility index (Phi) is 5.04. The van der Waals surface area contributed by atoms with Crippen molar-refractivity contribution in [3.8, 4) is 11.3 Å². The van der Waals surface area contributed by atoms with Crippen molar-refractivity contribution in [2.45, 2.75) is 19.5 Å². The van der Waals surface area contributed by atoms with Crippen LogP contribution in [0.4, 0.5) is 0 Å². The Labute approximate surface area is 145 Å². The number of hydrogen-bond donors (Lipinski definition) is 1. The molecule has 126 valence electrons. The lowest BCUT2D eigenvalue weighted by atomic mass is 10.1. The molecule has 1 aromatic heterocycles. The fraction of sp³-hybridized carbons (Fsp3) is 0.150. The van der Waals surface area contributed by atoms with Crippen molar-refractivity contribution < 1.29 is 4.79 Å². The van der Waals surface area contributed by atoms with Gasteiger partial charge in [0.1, 0.15) is 6.54 Å². The normalized spacial score (nSPS) is 11.7. The minimum absolute atomic E-state index is 0.114. The van der Waals surface area contributed by atoms with Gasteiger partial charge in [0.15, 0.2) is 0 Å². The lowest BCUT2D eigenvalue weighted by Gasteiger charge is -2.14. The van der Waals surface area contributed by atoms with Crippen LogP contribution in [0.2, 0.25) is 0 Å². The summed E-state index contributed by atoms with van der Waals surface area (Å²) in [5.74, 6) is -0.254. The summed E-state index contributed by atoms with van der Waals surface area (Å²) >= 11 is 0. The Morgan fingerprint density at radius 1 is 1.00 bits per heavy atom. The van der Waals surface area contributed by atoms with E-state index in [0.717, 1.165) is 11.1 Å². The molecule has 0 radical (unpaired) electrons. The van der Waals surface area contributed by atoms with Crippen molar-refractivity contribution in [2.75, 3.05) is 0 Å². The molecule has 0 aliphatic heterocycles. The van der Waals surface area contributed by atoms with Crippen LogP contribution in [0.5, 0.6) is 0 Å². The Morgan fingerprint density at radius 3 is 2.32 bits per heavy atom. The van der Waals surface area contributed by atoms with Crippen LogP contribution in [-0.2, 0) is 11.3 Å². The van der Waals surface area contributed by atoms with E-state index in [-0.39, 0.29) is 24.1 Å². The van der Waals surface area contributed by atoms with Gasteiger partial charge in [-0.05, 0) is 18.6 Å². The van der Waals surface area contributed by atoms with Gasteiger partial charge in [-0.3, -0.25) is 9.59 Å². The van der Waals surface area contributed by atoms with Gasteiger partial charge < -0.3 is 5.32 Å². The molecule has 1 atom stereocenters. The van der Waals surface area contributed by atoms with Gasteiger partial charge in [0, 0.05) is 11.6 Å². The Balaban J connectivity index is 1.74. The first-order chi connectivity index (χ1) is 12.1. The van der Waals surface area contributed by atoms with E-state index < -0.39 is 0 Å². The van der Waals surface area contributed by atoms with Crippen molar-refractivity contribution in [2.24, 2.45) is 0 Å². The zero-order chi connectivity index (χ0) is 17.6. The standard InChI is InChI=1S/C20H19N3O2/c1-15(16-8-4-2-5-9-16)21-19(24)14-23-20(25)13-12-18(22-23)17-10-6-3-7-11-17/h2-13,15H,14H2,1H3,(H,21,24)/t15-/m1/s1. The molecule has 0 aliphatic rings. The van der Waals surface area contributed by atoms with Crippen LogP contribution in [0.15, 0.2) is 77.6 Å². The van der Waals surface area contributed by atoms with Gasteiger partial charge in [0.25, 0.3) is 5.56 Å². The molecule has 3 rings (SSSR count). The second-order valence-electron chi connectivity index (χ2n) is 5.78. The Morgan fingerprint density at radius 2 is 1.64 bits per heavy atom. The number of amides is 1. The van der Waals surface area contributed by atoms with E-state index in [1.165, 1.54) is 10.7 Å². The van der Waals surface area contributed by atoms with E-state index >= 15 is 0 Å². The number of nitrogens with zero attached hydrogens (tertiary/aromatic N) is 2. The van der Waals surface area contributed by atoms with Crippen LogP contribution < -0.4 is 10.9 Å². The van der Waals surface area contributed by atoms with Crippen molar-refractivity contribution in [3.63, 3.8) is 0 Å². The summed E-state index contributed by atoms with van der Waals surface area (Å²) in [5, 5.41) is 7.20. The van der Waals surface area contributed by atoms with E-state index in [9.17, 15) is 9.59 Å². The van der Waals surface area contributed by atoms with Gasteiger partial charge in [-0.15, -0.1) is 0 Å². The van der Waals surface area contributed by atoms with Crippen LogP contribution >= 0.6 is 0 Å². The molecule has 1 heterocycles. The van der Waals surface area contributed by atoms with Crippen molar-refractivity contribution in [1.29, 1.82) is 0 Å². The third kappa shape index (κ3) is 4.20. The fourth-order valence-corrected chi connectivity index (χ4v) is 2.57. The van der Waals surface area contributed by atoms with Crippen LogP contribution in [-0.4, -0.2) is 15.7 Å². The topological polar surface area (TPSA) is 64.0 Å². The molecule has 0 fully saturated rings. The highest BCUT2D eigenvalue weighted by Gasteiger charge is 2.11. The molecule has 5 heteroatoms. The first-order valence-corrected chi connectivity index (χ1v) is 8.11. The van der Waals surface area contributed by atoms with Gasteiger partial charge in [-0.25, -0.2) is 4.68 Å². The molecule has 0 bridgehead atoms. The highest BCUT2D eigenvalue weighted by Crippen LogP contribution is 2.14. The fourth-order valence-electron chi connectivity index (χ4n) is 2.57. The van der Waals surface area contributed by atoms with Crippen LogP contribution in [0.25, 0.3) is 11.3 Å². The lowest BCUT2D eigenvalue weighted by Crippen LogP contribution is -2.34. The molecule has 0 aliphatic carbocycles. The Bertz CT molecular complexity index is 905. The maximum Gasteiger partial charge on any atom is 0.267 e. The highest BCUT2D eigenvalue weighted by atomic mass is 16.2. The molecule has 0 saturated heterocycles. The average molecular weight is 333 g/mol. The second kappa shape index (κ2) is 7.57.